The Labute approximate surface area is 112 Å². The Hall–Kier alpha value is -2.11. The van der Waals surface area contributed by atoms with Gasteiger partial charge in [-0.1, -0.05) is 26.8 Å². The first-order valence-corrected chi connectivity index (χ1v) is 5.99. The summed E-state index contributed by atoms with van der Waals surface area (Å²) in [6.45, 7) is 6.38. The molecule has 0 heterocycles. The number of para-hydroxylation sites is 1. The van der Waals surface area contributed by atoms with Gasteiger partial charge >= 0.3 is 5.69 Å². The lowest BCUT2D eigenvalue weighted by Gasteiger charge is -2.18. The molecule has 0 spiro atoms. The molecule has 1 aromatic rings. The van der Waals surface area contributed by atoms with Crippen molar-refractivity contribution in [2.45, 2.75) is 20.8 Å². The Bertz CT molecular complexity index is 492. The van der Waals surface area contributed by atoms with Crippen molar-refractivity contribution in [3.8, 4) is 0 Å². The summed E-state index contributed by atoms with van der Waals surface area (Å²) < 4.78 is 0. The predicted molar refractivity (Wildman–Crippen MR) is 74.4 cm³/mol. The highest BCUT2D eigenvalue weighted by Gasteiger charge is 2.24. The van der Waals surface area contributed by atoms with E-state index in [1.54, 1.807) is 19.2 Å². The quantitative estimate of drug-likeness (QED) is 0.646. The maximum atomic E-state index is 12.0. The standard InChI is InChI=1S/C13H19N3O3/c1-13(2,3)8-15-12(17)9-6-5-7-10(14-4)11(9)16(18)19/h5-7,14H,8H2,1-4H3,(H,15,17). The third kappa shape index (κ3) is 3.94. The third-order valence-corrected chi connectivity index (χ3v) is 2.51. The van der Waals surface area contributed by atoms with Crippen molar-refractivity contribution in [3.05, 3.63) is 33.9 Å². The van der Waals surface area contributed by atoms with E-state index in [0.717, 1.165) is 0 Å². The molecule has 0 aliphatic carbocycles. The van der Waals surface area contributed by atoms with Gasteiger partial charge in [-0.05, 0) is 17.5 Å². The predicted octanol–water partition coefficient (Wildman–Crippen LogP) is 2.41. The van der Waals surface area contributed by atoms with Gasteiger partial charge in [-0.3, -0.25) is 14.9 Å². The average Bonchev–Trinajstić information content (AvgIpc) is 2.33. The number of hydrogen-bond donors (Lipinski definition) is 2. The van der Waals surface area contributed by atoms with Crippen LogP contribution in [0.4, 0.5) is 11.4 Å². The molecule has 0 aliphatic rings. The second-order valence-electron chi connectivity index (χ2n) is 5.45. The minimum Gasteiger partial charge on any atom is -0.383 e. The monoisotopic (exact) mass is 265 g/mol. The van der Waals surface area contributed by atoms with E-state index >= 15 is 0 Å². The fourth-order valence-corrected chi connectivity index (χ4v) is 1.57. The summed E-state index contributed by atoms with van der Waals surface area (Å²) in [4.78, 5) is 22.6. The second kappa shape index (κ2) is 5.69. The van der Waals surface area contributed by atoms with Crippen molar-refractivity contribution in [2.24, 2.45) is 5.41 Å². The summed E-state index contributed by atoms with van der Waals surface area (Å²) in [5.41, 5.74) is 0.122. The SMILES string of the molecule is CNc1cccc(C(=O)NCC(C)(C)C)c1[N+](=O)[O-]. The van der Waals surface area contributed by atoms with Gasteiger partial charge in [0.2, 0.25) is 0 Å². The van der Waals surface area contributed by atoms with E-state index < -0.39 is 10.8 Å². The zero-order valence-electron chi connectivity index (χ0n) is 11.6. The first-order chi connectivity index (χ1) is 8.76. The molecule has 0 atom stereocenters. The van der Waals surface area contributed by atoms with E-state index in [4.69, 9.17) is 0 Å². The van der Waals surface area contributed by atoms with E-state index in [9.17, 15) is 14.9 Å². The van der Waals surface area contributed by atoms with Crippen molar-refractivity contribution in [1.29, 1.82) is 0 Å². The molecule has 0 bridgehead atoms. The molecule has 6 heteroatoms. The van der Waals surface area contributed by atoms with Gasteiger partial charge in [0.25, 0.3) is 5.91 Å². The third-order valence-electron chi connectivity index (χ3n) is 2.51. The van der Waals surface area contributed by atoms with Crippen molar-refractivity contribution in [2.75, 3.05) is 18.9 Å². The Balaban J connectivity index is 3.06. The fraction of sp³-hybridized carbons (Fsp3) is 0.462. The largest absolute Gasteiger partial charge is 0.383 e. The van der Waals surface area contributed by atoms with Gasteiger partial charge < -0.3 is 10.6 Å². The summed E-state index contributed by atoms with van der Waals surface area (Å²) in [6, 6.07) is 4.64. The molecule has 1 aromatic carbocycles. The molecule has 6 nitrogen and oxygen atoms in total. The van der Waals surface area contributed by atoms with Crippen LogP contribution in [0.5, 0.6) is 0 Å². The van der Waals surface area contributed by atoms with Crippen LogP contribution in [0.15, 0.2) is 18.2 Å². The molecule has 1 rings (SSSR count). The summed E-state index contributed by atoms with van der Waals surface area (Å²) in [5, 5.41) is 16.5. The molecule has 0 radical (unpaired) electrons. The number of benzene rings is 1. The number of rotatable bonds is 4. The van der Waals surface area contributed by atoms with Crippen LogP contribution in [0.1, 0.15) is 31.1 Å². The Morgan fingerprint density at radius 1 is 1.37 bits per heavy atom. The first-order valence-electron chi connectivity index (χ1n) is 5.99. The number of nitro benzene ring substituents is 1. The Kier molecular flexibility index (Phi) is 4.47. The molecule has 19 heavy (non-hydrogen) atoms. The van der Waals surface area contributed by atoms with Gasteiger partial charge in [-0.2, -0.15) is 0 Å². The zero-order valence-corrected chi connectivity index (χ0v) is 11.6. The molecule has 2 N–H and O–H groups in total. The van der Waals surface area contributed by atoms with E-state index in [2.05, 4.69) is 10.6 Å². The lowest BCUT2D eigenvalue weighted by Crippen LogP contribution is -2.32. The van der Waals surface area contributed by atoms with Crippen LogP contribution < -0.4 is 10.6 Å². The van der Waals surface area contributed by atoms with Crippen LogP contribution in [-0.2, 0) is 0 Å². The molecule has 0 fully saturated rings. The summed E-state index contributed by atoms with van der Waals surface area (Å²) in [6.07, 6.45) is 0. The van der Waals surface area contributed by atoms with E-state index in [1.165, 1.54) is 6.07 Å². The molecule has 0 aromatic heterocycles. The van der Waals surface area contributed by atoms with Gasteiger partial charge in [0.05, 0.1) is 4.92 Å². The molecule has 0 saturated heterocycles. The van der Waals surface area contributed by atoms with Gasteiger partial charge in [-0.25, -0.2) is 0 Å². The van der Waals surface area contributed by atoms with Crippen LogP contribution in [0, 0.1) is 15.5 Å². The van der Waals surface area contributed by atoms with Gasteiger partial charge in [0.15, 0.2) is 0 Å². The van der Waals surface area contributed by atoms with Crippen molar-refractivity contribution >= 4 is 17.3 Å². The van der Waals surface area contributed by atoms with E-state index in [1.807, 2.05) is 20.8 Å². The minimum atomic E-state index is -0.544. The van der Waals surface area contributed by atoms with E-state index in [-0.39, 0.29) is 16.7 Å². The summed E-state index contributed by atoms with van der Waals surface area (Å²) >= 11 is 0. The highest BCUT2D eigenvalue weighted by molar-refractivity contribution is 6.00. The summed E-state index contributed by atoms with van der Waals surface area (Å²) in [7, 11) is 1.58. The smallest absolute Gasteiger partial charge is 0.305 e. The number of carbonyl (C=O) groups excluding carboxylic acids is 1. The number of amides is 1. The second-order valence-corrected chi connectivity index (χ2v) is 5.45. The fourth-order valence-electron chi connectivity index (χ4n) is 1.57. The van der Waals surface area contributed by atoms with Gasteiger partial charge in [0, 0.05) is 13.6 Å². The number of nitrogens with zero attached hydrogens (tertiary/aromatic N) is 1. The van der Waals surface area contributed by atoms with Crippen molar-refractivity contribution in [3.63, 3.8) is 0 Å². The van der Waals surface area contributed by atoms with Gasteiger partial charge in [0.1, 0.15) is 11.3 Å². The maximum Gasteiger partial charge on any atom is 0.305 e. The molecule has 0 unspecified atom stereocenters. The Morgan fingerprint density at radius 3 is 2.47 bits per heavy atom. The maximum absolute atomic E-state index is 12.0. The molecule has 0 aliphatic heterocycles. The first kappa shape index (κ1) is 14.9. The molecule has 1 amide bonds. The molecular formula is C13H19N3O3. The lowest BCUT2D eigenvalue weighted by atomic mass is 9.97. The number of carbonyl (C=O) groups is 1. The van der Waals surface area contributed by atoms with Crippen LogP contribution in [-0.4, -0.2) is 24.4 Å². The topological polar surface area (TPSA) is 84.3 Å². The van der Waals surface area contributed by atoms with Crippen LogP contribution in [0.2, 0.25) is 0 Å². The van der Waals surface area contributed by atoms with Gasteiger partial charge in [-0.15, -0.1) is 0 Å². The number of hydrogen-bond acceptors (Lipinski definition) is 4. The highest BCUT2D eigenvalue weighted by atomic mass is 16.6. The normalized spacial score (nSPS) is 10.9. The average molecular weight is 265 g/mol. The molecule has 0 saturated carbocycles. The molecular weight excluding hydrogens is 246 g/mol. The van der Waals surface area contributed by atoms with Crippen molar-refractivity contribution < 1.29 is 9.72 Å². The molecule has 104 valence electrons. The zero-order chi connectivity index (χ0) is 14.6. The number of nitrogens with one attached hydrogen (secondary N) is 2. The highest BCUT2D eigenvalue weighted by Crippen LogP contribution is 2.28. The van der Waals surface area contributed by atoms with Crippen LogP contribution in [0.3, 0.4) is 0 Å². The number of nitro groups is 1. The lowest BCUT2D eigenvalue weighted by molar-refractivity contribution is -0.384. The summed E-state index contributed by atoms with van der Waals surface area (Å²) in [5.74, 6) is -0.432. The minimum absolute atomic E-state index is 0.0705. The van der Waals surface area contributed by atoms with Crippen molar-refractivity contribution in [1.82, 2.24) is 5.32 Å². The van der Waals surface area contributed by atoms with Crippen LogP contribution >= 0.6 is 0 Å². The number of anilines is 1. The Morgan fingerprint density at radius 2 is 2.00 bits per heavy atom. The van der Waals surface area contributed by atoms with Crippen LogP contribution in [0.25, 0.3) is 0 Å². The van der Waals surface area contributed by atoms with E-state index in [0.29, 0.717) is 12.2 Å².